The Kier molecular flexibility index (Phi) is 8.86. The first kappa shape index (κ1) is 19.6. The summed E-state index contributed by atoms with van der Waals surface area (Å²) in [4.78, 5) is 10.8. The Morgan fingerprint density at radius 1 is 1.00 bits per heavy atom. The second kappa shape index (κ2) is 10.4. The Balaban J connectivity index is 2.47. The molecule has 7 heteroatoms. The molecule has 0 radical (unpaired) electrons. The maximum atomic E-state index is 10.8. The predicted octanol–water partition coefficient (Wildman–Crippen LogP) is 3.20. The molecule has 130 valence electrons. The number of hydrogen-bond donors (Lipinski definition) is 1. The Morgan fingerprint density at radius 3 is 1.96 bits per heavy atom. The molecule has 1 N–H and O–H groups in total. The van der Waals surface area contributed by atoms with Crippen LogP contribution in [0.25, 0.3) is 0 Å². The van der Waals surface area contributed by atoms with Gasteiger partial charge >= 0.3 is 14.8 Å². The Bertz CT molecular complexity index is 445. The maximum Gasteiger partial charge on any atom is 0.501 e. The van der Waals surface area contributed by atoms with Crippen LogP contribution >= 0.6 is 0 Å². The molecule has 0 atom stereocenters. The first-order valence-electron chi connectivity index (χ1n) is 7.95. The lowest BCUT2D eigenvalue weighted by Gasteiger charge is -2.28. The van der Waals surface area contributed by atoms with E-state index in [0.29, 0.717) is 38.2 Å². The smallest absolute Gasteiger partial charge is 0.494 e. The van der Waals surface area contributed by atoms with Crippen molar-refractivity contribution >= 4 is 14.8 Å². The summed E-state index contributed by atoms with van der Waals surface area (Å²) in [6.45, 7) is 7.96. The van der Waals surface area contributed by atoms with Crippen LogP contribution in [-0.2, 0) is 13.3 Å². The SMILES string of the molecule is CCO[Si](CCCOc1ccc(C(=O)O)cc1)(OCC)OCC. The van der Waals surface area contributed by atoms with Crippen LogP contribution in [-0.4, -0.2) is 46.3 Å². The first-order chi connectivity index (χ1) is 11.1. The van der Waals surface area contributed by atoms with Crippen LogP contribution in [0.3, 0.4) is 0 Å². The van der Waals surface area contributed by atoms with Crippen LogP contribution < -0.4 is 4.74 Å². The molecule has 0 aliphatic rings. The average Bonchev–Trinajstić information content (AvgIpc) is 2.53. The molecule has 1 rings (SSSR count). The number of carboxylic acids is 1. The van der Waals surface area contributed by atoms with Gasteiger partial charge in [-0.05, 0) is 51.5 Å². The van der Waals surface area contributed by atoms with Gasteiger partial charge in [0.2, 0.25) is 0 Å². The summed E-state index contributed by atoms with van der Waals surface area (Å²) in [7, 11) is -2.62. The van der Waals surface area contributed by atoms with E-state index in [1.165, 1.54) is 12.1 Å². The molecule has 23 heavy (non-hydrogen) atoms. The highest BCUT2D eigenvalue weighted by atomic mass is 28.4. The topological polar surface area (TPSA) is 74.2 Å². The van der Waals surface area contributed by atoms with Crippen molar-refractivity contribution in [1.82, 2.24) is 0 Å². The van der Waals surface area contributed by atoms with Crippen molar-refractivity contribution in [1.29, 1.82) is 0 Å². The molecular weight excluding hydrogens is 316 g/mol. The third kappa shape index (κ3) is 6.70. The largest absolute Gasteiger partial charge is 0.501 e. The number of hydrogen-bond acceptors (Lipinski definition) is 5. The van der Waals surface area contributed by atoms with Crippen LogP contribution in [0.15, 0.2) is 24.3 Å². The van der Waals surface area contributed by atoms with Crippen molar-refractivity contribution in [3.05, 3.63) is 29.8 Å². The fourth-order valence-corrected chi connectivity index (χ4v) is 4.75. The molecule has 0 aliphatic heterocycles. The molecule has 0 bridgehead atoms. The summed E-state index contributed by atoms with van der Waals surface area (Å²) >= 11 is 0. The van der Waals surface area contributed by atoms with Crippen molar-refractivity contribution in [2.45, 2.75) is 33.2 Å². The lowest BCUT2D eigenvalue weighted by atomic mass is 10.2. The summed E-state index contributed by atoms with van der Waals surface area (Å²) in [6.07, 6.45) is 0.743. The molecule has 1 aromatic rings. The van der Waals surface area contributed by atoms with Crippen molar-refractivity contribution < 1.29 is 27.9 Å². The molecule has 0 spiro atoms. The maximum absolute atomic E-state index is 10.8. The Labute approximate surface area is 138 Å². The van der Waals surface area contributed by atoms with Crippen molar-refractivity contribution in [3.8, 4) is 5.75 Å². The van der Waals surface area contributed by atoms with E-state index in [1.807, 2.05) is 20.8 Å². The van der Waals surface area contributed by atoms with E-state index in [-0.39, 0.29) is 5.56 Å². The normalized spacial score (nSPS) is 11.4. The average molecular weight is 342 g/mol. The predicted molar refractivity (Wildman–Crippen MR) is 89.0 cm³/mol. The number of aromatic carboxylic acids is 1. The quantitative estimate of drug-likeness (QED) is 0.464. The van der Waals surface area contributed by atoms with Gasteiger partial charge < -0.3 is 23.1 Å². The van der Waals surface area contributed by atoms with Crippen molar-refractivity contribution in [3.63, 3.8) is 0 Å². The molecule has 0 saturated carbocycles. The van der Waals surface area contributed by atoms with Gasteiger partial charge in [-0.15, -0.1) is 0 Å². The van der Waals surface area contributed by atoms with E-state index in [4.69, 9.17) is 23.1 Å². The summed E-state index contributed by atoms with van der Waals surface area (Å²) in [5.41, 5.74) is 0.243. The van der Waals surface area contributed by atoms with Crippen LogP contribution in [0.4, 0.5) is 0 Å². The van der Waals surface area contributed by atoms with E-state index < -0.39 is 14.8 Å². The zero-order valence-corrected chi connectivity index (χ0v) is 15.0. The molecule has 0 heterocycles. The fraction of sp³-hybridized carbons (Fsp3) is 0.562. The van der Waals surface area contributed by atoms with E-state index in [2.05, 4.69) is 0 Å². The number of benzene rings is 1. The highest BCUT2D eigenvalue weighted by Gasteiger charge is 2.39. The monoisotopic (exact) mass is 342 g/mol. The van der Waals surface area contributed by atoms with Gasteiger partial charge in [0.05, 0.1) is 12.2 Å². The second-order valence-corrected chi connectivity index (χ2v) is 7.50. The van der Waals surface area contributed by atoms with E-state index >= 15 is 0 Å². The standard InChI is InChI=1S/C16H26O6Si/c1-4-20-23(21-5-2,22-6-3)13-7-12-19-15-10-8-14(9-11-15)16(17)18/h8-11H,4-7,12-13H2,1-3H3,(H,17,18). The van der Waals surface area contributed by atoms with Crippen molar-refractivity contribution in [2.24, 2.45) is 0 Å². The number of carboxylic acid groups (broad SMARTS) is 1. The molecule has 0 saturated heterocycles. The summed E-state index contributed by atoms with van der Waals surface area (Å²) in [6, 6.07) is 7.05. The number of carbonyl (C=O) groups is 1. The Hall–Kier alpha value is -1.41. The van der Waals surface area contributed by atoms with Crippen LogP contribution in [0.2, 0.25) is 6.04 Å². The van der Waals surface area contributed by atoms with Crippen LogP contribution in [0, 0.1) is 0 Å². The zero-order valence-electron chi connectivity index (χ0n) is 14.0. The highest BCUT2D eigenvalue weighted by molar-refractivity contribution is 6.60. The molecule has 0 fully saturated rings. The molecule has 0 aliphatic carbocycles. The molecule has 6 nitrogen and oxygen atoms in total. The zero-order chi connectivity index (χ0) is 17.1. The van der Waals surface area contributed by atoms with Crippen LogP contribution in [0.1, 0.15) is 37.6 Å². The Morgan fingerprint density at radius 2 is 1.52 bits per heavy atom. The molecule has 1 aromatic carbocycles. The minimum Gasteiger partial charge on any atom is -0.494 e. The lowest BCUT2D eigenvalue weighted by molar-refractivity contribution is 0.0686. The van der Waals surface area contributed by atoms with Gasteiger partial charge in [-0.25, -0.2) is 4.79 Å². The van der Waals surface area contributed by atoms with E-state index in [0.717, 1.165) is 6.42 Å². The molecule has 0 aromatic heterocycles. The minimum absolute atomic E-state index is 0.243. The summed E-state index contributed by atoms with van der Waals surface area (Å²) in [5.74, 6) is -0.302. The molecular formula is C16H26O6Si. The third-order valence-corrected chi connectivity index (χ3v) is 6.24. The van der Waals surface area contributed by atoms with Gasteiger partial charge in [0.15, 0.2) is 0 Å². The second-order valence-electron chi connectivity index (χ2n) is 4.76. The minimum atomic E-state index is -2.62. The summed E-state index contributed by atoms with van der Waals surface area (Å²) in [5, 5.41) is 8.85. The fourth-order valence-electron chi connectivity index (χ4n) is 2.17. The van der Waals surface area contributed by atoms with Gasteiger partial charge in [-0.1, -0.05) is 0 Å². The summed E-state index contributed by atoms with van der Waals surface area (Å²) < 4.78 is 23.0. The molecule has 0 amide bonds. The third-order valence-electron chi connectivity index (χ3n) is 3.09. The van der Waals surface area contributed by atoms with E-state index in [1.54, 1.807) is 12.1 Å². The van der Waals surface area contributed by atoms with Gasteiger partial charge in [0, 0.05) is 25.9 Å². The van der Waals surface area contributed by atoms with Crippen LogP contribution in [0.5, 0.6) is 5.75 Å². The number of ether oxygens (including phenoxy) is 1. The number of rotatable bonds is 12. The van der Waals surface area contributed by atoms with Gasteiger partial charge in [-0.3, -0.25) is 0 Å². The van der Waals surface area contributed by atoms with Gasteiger partial charge in [0.1, 0.15) is 5.75 Å². The van der Waals surface area contributed by atoms with Crippen molar-refractivity contribution in [2.75, 3.05) is 26.4 Å². The van der Waals surface area contributed by atoms with Gasteiger partial charge in [-0.2, -0.15) is 0 Å². The molecule has 0 unspecified atom stereocenters. The highest BCUT2D eigenvalue weighted by Crippen LogP contribution is 2.19. The van der Waals surface area contributed by atoms with E-state index in [9.17, 15) is 4.79 Å². The van der Waals surface area contributed by atoms with Gasteiger partial charge in [0.25, 0.3) is 0 Å². The first-order valence-corrected chi connectivity index (χ1v) is 9.88. The lowest BCUT2D eigenvalue weighted by Crippen LogP contribution is -2.46.